The third-order valence-electron chi connectivity index (χ3n) is 5.84. The van der Waals surface area contributed by atoms with E-state index in [0.29, 0.717) is 18.8 Å². The summed E-state index contributed by atoms with van der Waals surface area (Å²) in [6.45, 7) is 8.85. The molecule has 0 saturated carbocycles. The molecule has 1 saturated heterocycles. The van der Waals surface area contributed by atoms with Crippen LogP contribution in [-0.4, -0.2) is 64.4 Å². The highest BCUT2D eigenvalue weighted by Gasteiger charge is 2.23. The van der Waals surface area contributed by atoms with Crippen molar-refractivity contribution in [1.29, 1.82) is 0 Å². The molecule has 8 heteroatoms. The molecule has 0 bridgehead atoms. The number of nitrogens with zero attached hydrogens (tertiary/aromatic N) is 3. The summed E-state index contributed by atoms with van der Waals surface area (Å²) < 4.78 is 1.92. The quantitative estimate of drug-likeness (QED) is 0.712. The van der Waals surface area contributed by atoms with Crippen LogP contribution in [0.1, 0.15) is 40.0 Å². The fourth-order valence-electron chi connectivity index (χ4n) is 4.05. The van der Waals surface area contributed by atoms with Gasteiger partial charge in [0.15, 0.2) is 0 Å². The Balaban J connectivity index is 1.60. The van der Waals surface area contributed by atoms with Crippen LogP contribution in [0.2, 0.25) is 0 Å². The van der Waals surface area contributed by atoms with Crippen LogP contribution in [0.25, 0.3) is 10.9 Å². The fraction of sp³-hybridized carbons (Fsp3) is 0.522. The Hall–Kier alpha value is -3.03. The molecule has 0 spiro atoms. The molecule has 3 rings (SSSR count). The fourth-order valence-corrected chi connectivity index (χ4v) is 4.05. The van der Waals surface area contributed by atoms with Crippen LogP contribution in [0, 0.1) is 0 Å². The van der Waals surface area contributed by atoms with Gasteiger partial charge in [-0.25, -0.2) is 4.79 Å². The lowest BCUT2D eigenvalue weighted by atomic mass is 10.1. The highest BCUT2D eigenvalue weighted by atomic mass is 16.2. The molecule has 1 atom stereocenters. The van der Waals surface area contributed by atoms with E-state index in [1.807, 2.05) is 47.7 Å². The minimum absolute atomic E-state index is 0.0414. The van der Waals surface area contributed by atoms with E-state index < -0.39 is 12.1 Å². The standard InChI is InChI=1S/C23H33N5O3/c1-4-26(5-2)21(29)16-28-14-11-18-15-19(9-10-20(18)28)25-23(31)24-17(3)22(30)27-12-7-6-8-13-27/h9-11,14-15,17H,4-8,12-13,16H2,1-3H3,(H2,24,25,31)/t17-/m0/s1. The predicted molar refractivity (Wildman–Crippen MR) is 122 cm³/mol. The van der Waals surface area contributed by atoms with Crippen molar-refractivity contribution >= 4 is 34.4 Å². The summed E-state index contributed by atoms with van der Waals surface area (Å²) in [4.78, 5) is 40.9. The number of likely N-dealkylation sites (tertiary alicyclic amines) is 1. The minimum Gasteiger partial charge on any atom is -0.342 e. The SMILES string of the molecule is CCN(CC)C(=O)Cn1ccc2cc(NC(=O)N[C@@H](C)C(=O)N3CCCCC3)ccc21. The minimum atomic E-state index is -0.575. The summed E-state index contributed by atoms with van der Waals surface area (Å²) in [5.74, 6) is 0.0386. The number of carbonyl (C=O) groups is 3. The molecule has 1 aromatic heterocycles. The summed E-state index contributed by atoms with van der Waals surface area (Å²) in [6.07, 6.45) is 5.07. The molecule has 168 valence electrons. The van der Waals surface area contributed by atoms with Crippen LogP contribution in [0.15, 0.2) is 30.5 Å². The van der Waals surface area contributed by atoms with Gasteiger partial charge in [0.25, 0.3) is 0 Å². The van der Waals surface area contributed by atoms with E-state index in [1.54, 1.807) is 17.9 Å². The molecule has 2 heterocycles. The summed E-state index contributed by atoms with van der Waals surface area (Å²) in [5, 5.41) is 6.47. The van der Waals surface area contributed by atoms with E-state index in [1.165, 1.54) is 0 Å². The zero-order valence-corrected chi connectivity index (χ0v) is 18.7. The lowest BCUT2D eigenvalue weighted by Crippen LogP contribution is -2.49. The van der Waals surface area contributed by atoms with Gasteiger partial charge >= 0.3 is 6.03 Å². The first-order valence-corrected chi connectivity index (χ1v) is 11.2. The van der Waals surface area contributed by atoms with Crippen molar-refractivity contribution in [3.63, 3.8) is 0 Å². The number of aromatic nitrogens is 1. The van der Waals surface area contributed by atoms with E-state index >= 15 is 0 Å². The van der Waals surface area contributed by atoms with Crippen molar-refractivity contribution in [2.45, 2.75) is 52.6 Å². The van der Waals surface area contributed by atoms with Crippen LogP contribution in [0.3, 0.4) is 0 Å². The average molecular weight is 428 g/mol. The smallest absolute Gasteiger partial charge is 0.319 e. The number of anilines is 1. The Morgan fingerprint density at radius 1 is 1.06 bits per heavy atom. The molecule has 2 aromatic rings. The number of hydrogen-bond acceptors (Lipinski definition) is 3. The van der Waals surface area contributed by atoms with Gasteiger partial charge in [-0.05, 0) is 64.3 Å². The lowest BCUT2D eigenvalue weighted by molar-refractivity contribution is -0.133. The number of hydrogen-bond donors (Lipinski definition) is 2. The second-order valence-corrected chi connectivity index (χ2v) is 7.99. The van der Waals surface area contributed by atoms with E-state index in [4.69, 9.17) is 0 Å². The van der Waals surface area contributed by atoms with Crippen LogP contribution in [-0.2, 0) is 16.1 Å². The predicted octanol–water partition coefficient (Wildman–Crippen LogP) is 3.03. The van der Waals surface area contributed by atoms with Gasteiger partial charge in [0.2, 0.25) is 11.8 Å². The van der Waals surface area contributed by atoms with Gasteiger partial charge < -0.3 is 25.0 Å². The molecule has 1 aromatic carbocycles. The van der Waals surface area contributed by atoms with Crippen LogP contribution < -0.4 is 10.6 Å². The third kappa shape index (κ3) is 5.57. The van der Waals surface area contributed by atoms with Gasteiger partial charge in [-0.3, -0.25) is 9.59 Å². The molecule has 8 nitrogen and oxygen atoms in total. The number of piperidine rings is 1. The third-order valence-corrected chi connectivity index (χ3v) is 5.84. The zero-order valence-electron chi connectivity index (χ0n) is 18.7. The summed E-state index contributed by atoms with van der Waals surface area (Å²) >= 11 is 0. The number of carbonyl (C=O) groups excluding carboxylic acids is 3. The number of benzene rings is 1. The second-order valence-electron chi connectivity index (χ2n) is 7.99. The number of likely N-dealkylation sites (N-methyl/N-ethyl adjacent to an activating group) is 1. The summed E-state index contributed by atoms with van der Waals surface area (Å²) in [6, 6.07) is 6.50. The Morgan fingerprint density at radius 2 is 1.77 bits per heavy atom. The Kier molecular flexibility index (Phi) is 7.55. The van der Waals surface area contributed by atoms with Crippen molar-refractivity contribution in [3.8, 4) is 0 Å². The monoisotopic (exact) mass is 427 g/mol. The number of fused-ring (bicyclic) bond motifs is 1. The van der Waals surface area contributed by atoms with Gasteiger partial charge in [-0.15, -0.1) is 0 Å². The van der Waals surface area contributed by atoms with Gasteiger partial charge in [0, 0.05) is 49.0 Å². The van der Waals surface area contributed by atoms with Gasteiger partial charge in [0.05, 0.1) is 0 Å². The first kappa shape index (κ1) is 22.7. The van der Waals surface area contributed by atoms with E-state index in [-0.39, 0.29) is 18.4 Å². The van der Waals surface area contributed by atoms with Crippen molar-refractivity contribution < 1.29 is 14.4 Å². The maximum Gasteiger partial charge on any atom is 0.319 e. The lowest BCUT2D eigenvalue weighted by Gasteiger charge is -2.29. The molecule has 1 fully saturated rings. The Labute approximate surface area is 183 Å². The maximum absolute atomic E-state index is 12.5. The molecule has 2 N–H and O–H groups in total. The van der Waals surface area contributed by atoms with Crippen LogP contribution in [0.5, 0.6) is 0 Å². The van der Waals surface area contributed by atoms with Crippen LogP contribution >= 0.6 is 0 Å². The van der Waals surface area contributed by atoms with E-state index in [9.17, 15) is 14.4 Å². The molecule has 0 unspecified atom stereocenters. The largest absolute Gasteiger partial charge is 0.342 e. The van der Waals surface area contributed by atoms with Crippen molar-refractivity contribution in [2.24, 2.45) is 0 Å². The van der Waals surface area contributed by atoms with Crippen molar-refractivity contribution in [1.82, 2.24) is 19.7 Å². The Bertz CT molecular complexity index is 928. The highest BCUT2D eigenvalue weighted by Crippen LogP contribution is 2.21. The topological polar surface area (TPSA) is 86.7 Å². The molecule has 0 aliphatic carbocycles. The summed E-state index contributed by atoms with van der Waals surface area (Å²) in [5.41, 5.74) is 1.57. The first-order valence-electron chi connectivity index (χ1n) is 11.2. The van der Waals surface area contributed by atoms with E-state index in [0.717, 1.165) is 43.3 Å². The average Bonchev–Trinajstić information content (AvgIpc) is 3.16. The second kappa shape index (κ2) is 10.3. The number of rotatable bonds is 7. The molecule has 1 aliphatic rings. The molecule has 1 aliphatic heterocycles. The molecule has 0 radical (unpaired) electrons. The number of amides is 4. The normalized spacial score (nSPS) is 14.9. The Morgan fingerprint density at radius 3 is 2.45 bits per heavy atom. The first-order chi connectivity index (χ1) is 14.9. The van der Waals surface area contributed by atoms with E-state index in [2.05, 4.69) is 10.6 Å². The summed E-state index contributed by atoms with van der Waals surface area (Å²) in [7, 11) is 0. The maximum atomic E-state index is 12.5. The molecule has 4 amide bonds. The molecular weight excluding hydrogens is 394 g/mol. The number of nitrogens with one attached hydrogen (secondary N) is 2. The van der Waals surface area contributed by atoms with Gasteiger partial charge in [-0.2, -0.15) is 0 Å². The zero-order chi connectivity index (χ0) is 22.4. The number of urea groups is 1. The van der Waals surface area contributed by atoms with Gasteiger partial charge in [-0.1, -0.05) is 0 Å². The highest BCUT2D eigenvalue weighted by molar-refractivity contribution is 5.95. The van der Waals surface area contributed by atoms with Crippen LogP contribution in [0.4, 0.5) is 10.5 Å². The van der Waals surface area contributed by atoms with Crippen molar-refractivity contribution in [2.75, 3.05) is 31.5 Å². The molecular formula is C23H33N5O3. The molecule has 31 heavy (non-hydrogen) atoms. The van der Waals surface area contributed by atoms with Crippen molar-refractivity contribution in [3.05, 3.63) is 30.5 Å². The van der Waals surface area contributed by atoms with Gasteiger partial charge in [0.1, 0.15) is 12.6 Å².